The monoisotopic (exact) mass is 462 g/mol. The summed E-state index contributed by atoms with van der Waals surface area (Å²) in [5.74, 6) is -0.318. The van der Waals surface area contributed by atoms with E-state index in [2.05, 4.69) is 30.7 Å². The molecule has 0 aliphatic rings. The summed E-state index contributed by atoms with van der Waals surface area (Å²) in [6.07, 6.45) is -0.0419. The highest BCUT2D eigenvalue weighted by molar-refractivity contribution is 9.10. The van der Waals surface area contributed by atoms with Gasteiger partial charge in [0.05, 0.1) is 4.90 Å². The summed E-state index contributed by atoms with van der Waals surface area (Å²) in [5.41, 5.74) is 0.694. The van der Waals surface area contributed by atoms with E-state index in [0.29, 0.717) is 10.0 Å². The highest BCUT2D eigenvalue weighted by Gasteiger charge is 2.14. The summed E-state index contributed by atoms with van der Waals surface area (Å²) in [5, 5.41) is 2.62. The molecule has 0 fully saturated rings. The van der Waals surface area contributed by atoms with Crippen LogP contribution in [0.1, 0.15) is 12.0 Å². The van der Waals surface area contributed by atoms with Gasteiger partial charge >= 0.3 is 6.61 Å². The molecule has 27 heavy (non-hydrogen) atoms. The number of amides is 1. The number of nitrogens with one attached hydrogen (secondary N) is 2. The van der Waals surface area contributed by atoms with Gasteiger partial charge in [0.1, 0.15) is 5.75 Å². The Hall–Kier alpha value is -2.04. The third-order valence-electron chi connectivity index (χ3n) is 3.39. The van der Waals surface area contributed by atoms with Gasteiger partial charge in [-0.05, 0) is 35.9 Å². The Morgan fingerprint density at radius 3 is 2.48 bits per heavy atom. The van der Waals surface area contributed by atoms with Gasteiger partial charge in [0.15, 0.2) is 0 Å². The molecule has 0 aliphatic carbocycles. The lowest BCUT2D eigenvalue weighted by atomic mass is 10.2. The summed E-state index contributed by atoms with van der Waals surface area (Å²) < 4.78 is 55.6. The number of hydrogen-bond donors (Lipinski definition) is 2. The summed E-state index contributed by atoms with van der Waals surface area (Å²) in [6, 6.07) is 12.1. The lowest BCUT2D eigenvalue weighted by molar-refractivity contribution is -0.121. The Labute approximate surface area is 164 Å². The van der Waals surface area contributed by atoms with Crippen LogP contribution in [0, 0.1) is 0 Å². The van der Waals surface area contributed by atoms with E-state index in [1.807, 2.05) is 0 Å². The molecule has 0 unspecified atom stereocenters. The Morgan fingerprint density at radius 2 is 1.85 bits per heavy atom. The average molecular weight is 463 g/mol. The first-order valence-electron chi connectivity index (χ1n) is 7.82. The van der Waals surface area contributed by atoms with Crippen LogP contribution in [0.4, 0.5) is 8.78 Å². The minimum absolute atomic E-state index is 0.0297. The Bertz CT molecular complexity index is 877. The molecule has 0 atom stereocenters. The van der Waals surface area contributed by atoms with E-state index in [1.54, 1.807) is 24.3 Å². The van der Waals surface area contributed by atoms with Crippen molar-refractivity contribution in [2.75, 3.05) is 6.54 Å². The van der Waals surface area contributed by atoms with Crippen molar-refractivity contribution in [3.63, 3.8) is 0 Å². The highest BCUT2D eigenvalue weighted by atomic mass is 79.9. The van der Waals surface area contributed by atoms with Crippen molar-refractivity contribution in [1.29, 1.82) is 0 Å². The van der Waals surface area contributed by atoms with Crippen molar-refractivity contribution in [2.24, 2.45) is 0 Å². The number of sulfonamides is 1. The summed E-state index contributed by atoms with van der Waals surface area (Å²) in [4.78, 5) is 11.9. The fraction of sp³-hybridized carbons (Fsp3) is 0.235. The average Bonchev–Trinajstić information content (AvgIpc) is 2.60. The van der Waals surface area contributed by atoms with Gasteiger partial charge in [-0.3, -0.25) is 4.79 Å². The van der Waals surface area contributed by atoms with Crippen molar-refractivity contribution in [1.82, 2.24) is 10.0 Å². The molecule has 0 heterocycles. The molecule has 2 N–H and O–H groups in total. The van der Waals surface area contributed by atoms with Crippen molar-refractivity contribution in [2.45, 2.75) is 24.5 Å². The van der Waals surface area contributed by atoms with Gasteiger partial charge in [-0.1, -0.05) is 34.1 Å². The molecule has 0 saturated heterocycles. The van der Waals surface area contributed by atoms with Crippen LogP contribution in [0.15, 0.2) is 57.9 Å². The smallest absolute Gasteiger partial charge is 0.387 e. The number of carbonyl (C=O) groups excluding carboxylic acids is 1. The van der Waals surface area contributed by atoms with Crippen LogP contribution in [0.3, 0.4) is 0 Å². The van der Waals surface area contributed by atoms with Crippen LogP contribution >= 0.6 is 15.9 Å². The zero-order valence-electron chi connectivity index (χ0n) is 14.0. The molecule has 2 rings (SSSR count). The molecule has 0 saturated carbocycles. The van der Waals surface area contributed by atoms with Crippen LogP contribution in [-0.2, 0) is 21.4 Å². The Kier molecular flexibility index (Phi) is 7.69. The summed E-state index contributed by atoms with van der Waals surface area (Å²) in [7, 11) is -3.70. The molecular weight excluding hydrogens is 446 g/mol. The second-order valence-corrected chi connectivity index (χ2v) is 8.09. The first-order chi connectivity index (χ1) is 12.8. The van der Waals surface area contributed by atoms with Crippen molar-refractivity contribution < 1.29 is 26.7 Å². The molecule has 0 radical (unpaired) electrons. The molecule has 2 aromatic rings. The van der Waals surface area contributed by atoms with E-state index in [9.17, 15) is 22.0 Å². The maximum absolute atomic E-state index is 12.1. The Balaban J connectivity index is 1.76. The number of rotatable bonds is 9. The molecule has 1 amide bonds. The second-order valence-electron chi connectivity index (χ2n) is 5.40. The lowest BCUT2D eigenvalue weighted by Gasteiger charge is -2.09. The molecule has 146 valence electrons. The first kappa shape index (κ1) is 21.3. The van der Waals surface area contributed by atoms with Crippen LogP contribution in [0.25, 0.3) is 0 Å². The third-order valence-corrected chi connectivity index (χ3v) is 5.34. The van der Waals surface area contributed by atoms with Crippen molar-refractivity contribution in [3.8, 4) is 5.75 Å². The summed E-state index contributed by atoms with van der Waals surface area (Å²) in [6.45, 7) is -2.76. The highest BCUT2D eigenvalue weighted by Crippen LogP contribution is 2.16. The van der Waals surface area contributed by atoms with E-state index >= 15 is 0 Å². The zero-order chi connectivity index (χ0) is 19.9. The third kappa shape index (κ3) is 7.24. The Morgan fingerprint density at radius 1 is 1.15 bits per heavy atom. The van der Waals surface area contributed by atoms with Crippen LogP contribution in [0.5, 0.6) is 5.75 Å². The first-order valence-corrected chi connectivity index (χ1v) is 10.1. The van der Waals surface area contributed by atoms with E-state index in [-0.39, 0.29) is 36.1 Å². The van der Waals surface area contributed by atoms with Crippen LogP contribution < -0.4 is 14.8 Å². The van der Waals surface area contributed by atoms with Gasteiger partial charge in [-0.2, -0.15) is 8.78 Å². The zero-order valence-corrected chi connectivity index (χ0v) is 16.4. The van der Waals surface area contributed by atoms with Crippen LogP contribution in [-0.4, -0.2) is 27.5 Å². The normalized spacial score (nSPS) is 11.4. The van der Waals surface area contributed by atoms with Gasteiger partial charge < -0.3 is 10.1 Å². The van der Waals surface area contributed by atoms with Gasteiger partial charge in [0.2, 0.25) is 15.9 Å². The minimum Gasteiger partial charge on any atom is -0.435 e. The maximum atomic E-state index is 12.1. The molecular formula is C17H17BrF2N2O4S. The fourth-order valence-electron chi connectivity index (χ4n) is 2.09. The van der Waals surface area contributed by atoms with E-state index in [4.69, 9.17) is 0 Å². The predicted octanol–water partition coefficient (Wildman–Crippen LogP) is 3.04. The molecule has 10 heteroatoms. The molecule has 0 spiro atoms. The maximum Gasteiger partial charge on any atom is 0.387 e. The molecule has 0 aromatic heterocycles. The quantitative estimate of drug-likeness (QED) is 0.599. The molecule has 6 nitrogen and oxygen atoms in total. The van der Waals surface area contributed by atoms with E-state index in [1.165, 1.54) is 24.3 Å². The number of carbonyl (C=O) groups is 1. The van der Waals surface area contributed by atoms with Gasteiger partial charge in [0, 0.05) is 24.0 Å². The second kappa shape index (κ2) is 9.77. The lowest BCUT2D eigenvalue weighted by Crippen LogP contribution is -2.30. The van der Waals surface area contributed by atoms with Gasteiger partial charge in [-0.25, -0.2) is 13.1 Å². The molecule has 2 aromatic carbocycles. The number of ether oxygens (including phenoxy) is 1. The molecule has 0 bridgehead atoms. The number of benzene rings is 2. The van der Waals surface area contributed by atoms with Gasteiger partial charge in [0.25, 0.3) is 0 Å². The van der Waals surface area contributed by atoms with Crippen LogP contribution in [0.2, 0.25) is 0 Å². The predicted molar refractivity (Wildman–Crippen MR) is 98.9 cm³/mol. The van der Waals surface area contributed by atoms with E-state index in [0.717, 1.165) is 0 Å². The number of hydrogen-bond acceptors (Lipinski definition) is 4. The largest absolute Gasteiger partial charge is 0.435 e. The topological polar surface area (TPSA) is 84.5 Å². The fourth-order valence-corrected chi connectivity index (χ4v) is 3.72. The molecule has 0 aliphatic heterocycles. The van der Waals surface area contributed by atoms with Crippen molar-refractivity contribution >= 4 is 31.9 Å². The standard InChI is InChI=1S/C17H17BrF2N2O4S/c18-13-2-1-3-15(10-13)27(24,25)22-9-8-16(23)21-11-12-4-6-14(7-5-12)26-17(19)20/h1-7,10,17,22H,8-9,11H2,(H,21,23). The SMILES string of the molecule is O=C(CCNS(=O)(=O)c1cccc(Br)c1)NCc1ccc(OC(F)F)cc1. The van der Waals surface area contributed by atoms with Crippen molar-refractivity contribution in [3.05, 3.63) is 58.6 Å². The minimum atomic E-state index is -3.70. The van der Waals surface area contributed by atoms with E-state index < -0.39 is 16.6 Å². The number of halogens is 3. The number of alkyl halides is 2. The summed E-state index contributed by atoms with van der Waals surface area (Å²) >= 11 is 3.20. The van der Waals surface area contributed by atoms with Gasteiger partial charge in [-0.15, -0.1) is 0 Å².